The number of carbonyl (C=O) groups is 1. The highest BCUT2D eigenvalue weighted by atomic mass is 35.5. The molecule has 1 N–H and O–H groups in total. The number of ether oxygens (including phenoxy) is 1. The zero-order valence-electron chi connectivity index (χ0n) is 10.5. The number of halogens is 1. The van der Waals surface area contributed by atoms with Gasteiger partial charge >= 0.3 is 5.97 Å². The fourth-order valence-corrected chi connectivity index (χ4v) is 2.00. The molecule has 4 nitrogen and oxygen atoms in total. The maximum atomic E-state index is 11.8. The Morgan fingerprint density at radius 2 is 1.90 bits per heavy atom. The Morgan fingerprint density at radius 1 is 1.15 bits per heavy atom. The number of aromatic nitrogens is 2. The summed E-state index contributed by atoms with van der Waals surface area (Å²) >= 11 is 5.77. The summed E-state index contributed by atoms with van der Waals surface area (Å²) in [6, 6.07) is 14.2. The van der Waals surface area contributed by atoms with Gasteiger partial charge in [0.05, 0.1) is 16.6 Å². The second-order valence-electron chi connectivity index (χ2n) is 4.28. The van der Waals surface area contributed by atoms with Gasteiger partial charge in [0.2, 0.25) is 0 Å². The van der Waals surface area contributed by atoms with E-state index in [0.717, 1.165) is 11.0 Å². The van der Waals surface area contributed by atoms with Crippen molar-refractivity contribution in [2.75, 3.05) is 0 Å². The van der Waals surface area contributed by atoms with Crippen molar-refractivity contribution in [2.24, 2.45) is 0 Å². The average Bonchev–Trinajstić information content (AvgIpc) is 2.88. The smallest absolute Gasteiger partial charge is 0.338 e. The van der Waals surface area contributed by atoms with Crippen LogP contribution in [0.25, 0.3) is 11.0 Å². The Bertz CT molecular complexity index is 717. The van der Waals surface area contributed by atoms with Crippen LogP contribution in [0, 0.1) is 0 Å². The Morgan fingerprint density at radius 3 is 2.65 bits per heavy atom. The first-order valence-corrected chi connectivity index (χ1v) is 6.46. The van der Waals surface area contributed by atoms with Crippen molar-refractivity contribution in [1.82, 2.24) is 9.97 Å². The number of imidazole rings is 1. The summed E-state index contributed by atoms with van der Waals surface area (Å²) < 4.78 is 5.21. The molecule has 3 aromatic rings. The highest BCUT2D eigenvalue weighted by molar-refractivity contribution is 6.30. The van der Waals surface area contributed by atoms with E-state index in [1.807, 2.05) is 24.3 Å². The van der Waals surface area contributed by atoms with Gasteiger partial charge in [0.1, 0.15) is 12.4 Å². The van der Waals surface area contributed by atoms with Crippen molar-refractivity contribution in [3.05, 3.63) is 64.9 Å². The van der Waals surface area contributed by atoms with E-state index in [4.69, 9.17) is 16.3 Å². The Kier molecular flexibility index (Phi) is 3.39. The summed E-state index contributed by atoms with van der Waals surface area (Å²) in [5, 5.41) is 0.582. The first-order valence-electron chi connectivity index (χ1n) is 6.09. The second kappa shape index (κ2) is 5.35. The number of fused-ring (bicyclic) bond motifs is 1. The molecule has 0 atom stereocenters. The van der Waals surface area contributed by atoms with Gasteiger partial charge in [-0.2, -0.15) is 0 Å². The number of hydrogen-bond donors (Lipinski definition) is 1. The summed E-state index contributed by atoms with van der Waals surface area (Å²) in [5.41, 5.74) is 2.24. The van der Waals surface area contributed by atoms with Gasteiger partial charge in [0, 0.05) is 5.02 Å². The van der Waals surface area contributed by atoms with Crippen molar-refractivity contribution in [1.29, 1.82) is 0 Å². The minimum absolute atomic E-state index is 0.107. The van der Waals surface area contributed by atoms with Crippen LogP contribution in [0.3, 0.4) is 0 Å². The van der Waals surface area contributed by atoms with Gasteiger partial charge in [-0.05, 0) is 36.4 Å². The molecule has 1 heterocycles. The first kappa shape index (κ1) is 12.7. The largest absolute Gasteiger partial charge is 0.454 e. The Hall–Kier alpha value is -2.33. The lowest BCUT2D eigenvalue weighted by Gasteiger charge is -2.02. The van der Waals surface area contributed by atoms with Gasteiger partial charge in [0.25, 0.3) is 0 Å². The van der Waals surface area contributed by atoms with Gasteiger partial charge in [0.15, 0.2) is 0 Å². The van der Waals surface area contributed by atoms with Crippen LogP contribution in [0.4, 0.5) is 0 Å². The fraction of sp³-hybridized carbons (Fsp3) is 0.0667. The molecule has 0 bridgehead atoms. The van der Waals surface area contributed by atoms with E-state index in [9.17, 15) is 4.79 Å². The highest BCUT2D eigenvalue weighted by Gasteiger charge is 2.09. The molecule has 0 aliphatic carbocycles. The number of para-hydroxylation sites is 2. The Labute approximate surface area is 120 Å². The zero-order chi connectivity index (χ0) is 13.9. The van der Waals surface area contributed by atoms with Crippen LogP contribution in [-0.4, -0.2) is 15.9 Å². The molecule has 0 amide bonds. The van der Waals surface area contributed by atoms with E-state index in [-0.39, 0.29) is 6.61 Å². The van der Waals surface area contributed by atoms with Gasteiger partial charge in [-0.15, -0.1) is 0 Å². The molecule has 0 spiro atoms. The maximum Gasteiger partial charge on any atom is 0.338 e. The molecule has 20 heavy (non-hydrogen) atoms. The summed E-state index contributed by atoms with van der Waals surface area (Å²) in [6.45, 7) is 0.107. The lowest BCUT2D eigenvalue weighted by Crippen LogP contribution is -2.05. The van der Waals surface area contributed by atoms with Gasteiger partial charge in [-0.25, -0.2) is 9.78 Å². The molecule has 2 aromatic carbocycles. The molecule has 0 saturated carbocycles. The SMILES string of the molecule is O=C(OCc1nc2ccccc2[nH]1)c1ccc(Cl)cc1. The topological polar surface area (TPSA) is 55.0 Å². The number of hydrogen-bond acceptors (Lipinski definition) is 3. The number of nitrogens with one attached hydrogen (secondary N) is 1. The minimum atomic E-state index is -0.401. The normalized spacial score (nSPS) is 10.7. The molecule has 0 aliphatic heterocycles. The fourth-order valence-electron chi connectivity index (χ4n) is 1.88. The van der Waals surface area contributed by atoms with Crippen LogP contribution in [0.2, 0.25) is 5.02 Å². The predicted molar refractivity (Wildman–Crippen MR) is 76.7 cm³/mol. The van der Waals surface area contributed by atoms with Gasteiger partial charge in [-0.3, -0.25) is 0 Å². The number of benzene rings is 2. The predicted octanol–water partition coefficient (Wildman–Crippen LogP) is 3.57. The number of aromatic amines is 1. The molecule has 0 saturated heterocycles. The van der Waals surface area contributed by atoms with Crippen molar-refractivity contribution in [3.8, 4) is 0 Å². The van der Waals surface area contributed by atoms with Crippen molar-refractivity contribution in [2.45, 2.75) is 6.61 Å². The molecule has 5 heteroatoms. The summed E-state index contributed by atoms with van der Waals surface area (Å²) in [7, 11) is 0. The summed E-state index contributed by atoms with van der Waals surface area (Å²) in [5.74, 6) is 0.218. The van der Waals surface area contributed by atoms with Crippen LogP contribution in [0.5, 0.6) is 0 Å². The maximum absolute atomic E-state index is 11.8. The van der Waals surface area contributed by atoms with Gasteiger partial charge in [-0.1, -0.05) is 23.7 Å². The third-order valence-electron chi connectivity index (χ3n) is 2.86. The van der Waals surface area contributed by atoms with Crippen LogP contribution in [-0.2, 0) is 11.3 Å². The van der Waals surface area contributed by atoms with E-state index in [0.29, 0.717) is 16.4 Å². The number of carbonyl (C=O) groups excluding carboxylic acids is 1. The quantitative estimate of drug-likeness (QED) is 0.749. The lowest BCUT2D eigenvalue weighted by atomic mass is 10.2. The third-order valence-corrected chi connectivity index (χ3v) is 3.11. The molecule has 1 aromatic heterocycles. The van der Waals surface area contributed by atoms with Crippen molar-refractivity contribution < 1.29 is 9.53 Å². The third kappa shape index (κ3) is 2.65. The van der Waals surface area contributed by atoms with E-state index >= 15 is 0 Å². The van der Waals surface area contributed by atoms with E-state index in [2.05, 4.69) is 9.97 Å². The molecule has 0 fully saturated rings. The number of nitrogens with zero attached hydrogens (tertiary/aromatic N) is 1. The minimum Gasteiger partial charge on any atom is -0.454 e. The molecule has 0 radical (unpaired) electrons. The first-order chi connectivity index (χ1) is 9.72. The average molecular weight is 287 g/mol. The molecule has 0 aliphatic rings. The number of H-pyrrole nitrogens is 1. The number of esters is 1. The van der Waals surface area contributed by atoms with Crippen LogP contribution >= 0.6 is 11.6 Å². The van der Waals surface area contributed by atoms with Crippen LogP contribution < -0.4 is 0 Å². The zero-order valence-corrected chi connectivity index (χ0v) is 11.2. The highest BCUT2D eigenvalue weighted by Crippen LogP contribution is 2.13. The summed E-state index contributed by atoms with van der Waals surface area (Å²) in [6.07, 6.45) is 0. The van der Waals surface area contributed by atoms with Crippen molar-refractivity contribution >= 4 is 28.6 Å². The molecular formula is C15H11ClN2O2. The lowest BCUT2D eigenvalue weighted by molar-refractivity contribution is 0.0463. The standard InChI is InChI=1S/C15H11ClN2O2/c16-11-7-5-10(6-8-11)15(19)20-9-14-17-12-3-1-2-4-13(12)18-14/h1-8H,9H2,(H,17,18). The molecule has 3 rings (SSSR count). The van der Waals surface area contributed by atoms with E-state index in [1.54, 1.807) is 24.3 Å². The van der Waals surface area contributed by atoms with Gasteiger partial charge < -0.3 is 9.72 Å². The summed E-state index contributed by atoms with van der Waals surface area (Å²) in [4.78, 5) is 19.3. The van der Waals surface area contributed by atoms with Crippen molar-refractivity contribution in [3.63, 3.8) is 0 Å². The molecule has 100 valence electrons. The van der Waals surface area contributed by atoms with E-state index in [1.165, 1.54) is 0 Å². The second-order valence-corrected chi connectivity index (χ2v) is 4.72. The molecule has 0 unspecified atom stereocenters. The Balaban J connectivity index is 1.69. The van der Waals surface area contributed by atoms with Crippen LogP contribution in [0.15, 0.2) is 48.5 Å². The number of rotatable bonds is 3. The van der Waals surface area contributed by atoms with Crippen LogP contribution in [0.1, 0.15) is 16.2 Å². The monoisotopic (exact) mass is 286 g/mol. The molecular weight excluding hydrogens is 276 g/mol. The van der Waals surface area contributed by atoms with E-state index < -0.39 is 5.97 Å².